The Balaban J connectivity index is 2.93. The van der Waals surface area contributed by atoms with Gasteiger partial charge in [-0.1, -0.05) is 53.5 Å². The number of halogens is 2. The maximum absolute atomic E-state index is 5.79. The molecule has 11 heavy (non-hydrogen) atoms. The summed E-state index contributed by atoms with van der Waals surface area (Å²) in [4.78, 5) is 0. The normalized spacial score (nSPS) is 11.5. The van der Waals surface area contributed by atoms with Crippen LogP contribution in [0.15, 0.2) is 30.3 Å². The molecule has 60 valence electrons. The van der Waals surface area contributed by atoms with E-state index in [9.17, 15) is 0 Å². The van der Waals surface area contributed by atoms with Crippen molar-refractivity contribution < 1.29 is 4.74 Å². The van der Waals surface area contributed by atoms with Gasteiger partial charge in [-0.15, -0.1) is 0 Å². The maximum Gasteiger partial charge on any atom is 0.244 e. The minimum Gasteiger partial charge on any atom is -0.346 e. The molecule has 0 amide bonds. The van der Waals surface area contributed by atoms with E-state index in [1.54, 1.807) is 0 Å². The van der Waals surface area contributed by atoms with Crippen molar-refractivity contribution in [3.05, 3.63) is 35.9 Å². The highest BCUT2D eigenvalue weighted by molar-refractivity contribution is 6.46. The van der Waals surface area contributed by atoms with Crippen molar-refractivity contribution in [2.24, 2.45) is 0 Å². The highest BCUT2D eigenvalue weighted by atomic mass is 35.5. The standard InChI is InChI=1S/C8H8Cl2O/c1-11-8(9,10)7-5-3-2-4-6-7/h2-6H,1H3. The fraction of sp³-hybridized carbons (Fsp3) is 0.250. The van der Waals surface area contributed by atoms with Crippen LogP contribution in [0.1, 0.15) is 5.56 Å². The fourth-order valence-corrected chi connectivity index (χ4v) is 1.00. The highest BCUT2D eigenvalue weighted by Gasteiger charge is 2.24. The Bertz CT molecular complexity index is 221. The first-order chi connectivity index (χ1) is 5.17. The summed E-state index contributed by atoms with van der Waals surface area (Å²) in [6.07, 6.45) is 0. The largest absolute Gasteiger partial charge is 0.346 e. The summed E-state index contributed by atoms with van der Waals surface area (Å²) >= 11 is 11.6. The molecule has 1 nitrogen and oxygen atoms in total. The molecule has 0 atom stereocenters. The topological polar surface area (TPSA) is 9.23 Å². The number of hydrogen-bond acceptors (Lipinski definition) is 1. The van der Waals surface area contributed by atoms with Crippen LogP contribution >= 0.6 is 23.2 Å². The van der Waals surface area contributed by atoms with Gasteiger partial charge in [0.2, 0.25) is 4.52 Å². The van der Waals surface area contributed by atoms with Gasteiger partial charge in [-0.2, -0.15) is 0 Å². The molecular weight excluding hydrogens is 183 g/mol. The highest BCUT2D eigenvalue weighted by Crippen LogP contribution is 2.33. The van der Waals surface area contributed by atoms with Gasteiger partial charge in [0.15, 0.2) is 0 Å². The lowest BCUT2D eigenvalue weighted by Crippen LogP contribution is -2.11. The molecule has 1 rings (SSSR count). The molecule has 0 N–H and O–H groups in total. The van der Waals surface area contributed by atoms with Crippen LogP contribution < -0.4 is 0 Å². The second kappa shape index (κ2) is 3.44. The summed E-state index contributed by atoms with van der Waals surface area (Å²) in [5.74, 6) is 0. The zero-order valence-electron chi connectivity index (χ0n) is 6.05. The number of benzene rings is 1. The minimum atomic E-state index is -1.22. The molecule has 1 aromatic rings. The van der Waals surface area contributed by atoms with E-state index < -0.39 is 4.52 Å². The lowest BCUT2D eigenvalue weighted by atomic mass is 10.2. The molecule has 0 saturated carbocycles. The molecule has 0 radical (unpaired) electrons. The van der Waals surface area contributed by atoms with Crippen LogP contribution in [0, 0.1) is 0 Å². The zero-order chi connectivity index (χ0) is 8.32. The number of hydrogen-bond donors (Lipinski definition) is 0. The molecule has 0 fully saturated rings. The van der Waals surface area contributed by atoms with Gasteiger partial charge in [-0.25, -0.2) is 0 Å². The Morgan fingerprint density at radius 1 is 1.18 bits per heavy atom. The third-order valence-corrected chi connectivity index (χ3v) is 2.11. The van der Waals surface area contributed by atoms with Crippen LogP contribution in [0.5, 0.6) is 0 Å². The lowest BCUT2D eigenvalue weighted by molar-refractivity contribution is 0.133. The maximum atomic E-state index is 5.79. The van der Waals surface area contributed by atoms with Crippen LogP contribution in [-0.4, -0.2) is 7.11 Å². The lowest BCUT2D eigenvalue weighted by Gasteiger charge is -2.16. The van der Waals surface area contributed by atoms with E-state index in [0.29, 0.717) is 0 Å². The fourth-order valence-electron chi connectivity index (χ4n) is 0.750. The van der Waals surface area contributed by atoms with Crippen molar-refractivity contribution >= 4 is 23.2 Å². The molecule has 0 spiro atoms. The Morgan fingerprint density at radius 3 is 2.18 bits per heavy atom. The van der Waals surface area contributed by atoms with E-state index in [1.165, 1.54) is 7.11 Å². The predicted molar refractivity (Wildman–Crippen MR) is 46.8 cm³/mol. The number of methoxy groups -OCH3 is 1. The van der Waals surface area contributed by atoms with E-state index in [1.807, 2.05) is 30.3 Å². The Labute approximate surface area is 75.9 Å². The summed E-state index contributed by atoms with van der Waals surface area (Å²) in [7, 11) is 1.47. The number of rotatable bonds is 2. The van der Waals surface area contributed by atoms with Gasteiger partial charge >= 0.3 is 0 Å². The SMILES string of the molecule is COC(Cl)(Cl)c1ccccc1. The van der Waals surface area contributed by atoms with Gasteiger partial charge in [-0.05, 0) is 0 Å². The van der Waals surface area contributed by atoms with Crippen molar-refractivity contribution in [1.82, 2.24) is 0 Å². The summed E-state index contributed by atoms with van der Waals surface area (Å²) in [6, 6.07) is 9.22. The first kappa shape index (κ1) is 8.85. The molecule has 0 aromatic heterocycles. The summed E-state index contributed by atoms with van der Waals surface area (Å²) in [5.41, 5.74) is 0.742. The molecule has 0 aliphatic carbocycles. The Morgan fingerprint density at radius 2 is 1.73 bits per heavy atom. The van der Waals surface area contributed by atoms with Crippen molar-refractivity contribution in [3.63, 3.8) is 0 Å². The predicted octanol–water partition coefficient (Wildman–Crippen LogP) is 2.92. The van der Waals surface area contributed by atoms with E-state index in [4.69, 9.17) is 27.9 Å². The average molecular weight is 191 g/mol. The zero-order valence-corrected chi connectivity index (χ0v) is 7.56. The van der Waals surface area contributed by atoms with Gasteiger partial charge in [-0.3, -0.25) is 0 Å². The number of ether oxygens (including phenoxy) is 1. The van der Waals surface area contributed by atoms with E-state index >= 15 is 0 Å². The van der Waals surface area contributed by atoms with E-state index in [0.717, 1.165) is 5.56 Å². The third-order valence-electron chi connectivity index (χ3n) is 1.37. The molecule has 0 saturated heterocycles. The van der Waals surface area contributed by atoms with Crippen molar-refractivity contribution in [1.29, 1.82) is 0 Å². The van der Waals surface area contributed by atoms with Crippen LogP contribution in [0.2, 0.25) is 0 Å². The van der Waals surface area contributed by atoms with Crippen LogP contribution in [-0.2, 0) is 9.26 Å². The Hall–Kier alpha value is -0.240. The second-order valence-electron chi connectivity index (χ2n) is 2.09. The molecule has 1 aromatic carbocycles. The molecule has 0 aliphatic heterocycles. The van der Waals surface area contributed by atoms with Gasteiger partial charge in [0.1, 0.15) is 0 Å². The van der Waals surface area contributed by atoms with Crippen molar-refractivity contribution in [3.8, 4) is 0 Å². The summed E-state index contributed by atoms with van der Waals surface area (Å²) in [5, 5.41) is 0. The summed E-state index contributed by atoms with van der Waals surface area (Å²) in [6.45, 7) is 0. The first-order valence-corrected chi connectivity index (χ1v) is 3.91. The quantitative estimate of drug-likeness (QED) is 0.653. The van der Waals surface area contributed by atoms with Gasteiger partial charge in [0, 0.05) is 12.7 Å². The molecule has 0 bridgehead atoms. The average Bonchev–Trinajstić information content (AvgIpc) is 2.06. The van der Waals surface area contributed by atoms with Crippen LogP contribution in [0.25, 0.3) is 0 Å². The van der Waals surface area contributed by atoms with Gasteiger partial charge in [0.25, 0.3) is 0 Å². The van der Waals surface area contributed by atoms with Gasteiger partial charge in [0.05, 0.1) is 0 Å². The third kappa shape index (κ3) is 2.09. The smallest absolute Gasteiger partial charge is 0.244 e. The second-order valence-corrected chi connectivity index (χ2v) is 3.34. The van der Waals surface area contributed by atoms with Crippen LogP contribution in [0.3, 0.4) is 0 Å². The van der Waals surface area contributed by atoms with Gasteiger partial charge < -0.3 is 4.74 Å². The number of alkyl halides is 2. The Kier molecular flexibility index (Phi) is 2.77. The molecule has 0 heterocycles. The monoisotopic (exact) mass is 190 g/mol. The molecular formula is C8H8Cl2O. The molecule has 0 unspecified atom stereocenters. The molecule has 3 heteroatoms. The van der Waals surface area contributed by atoms with E-state index in [2.05, 4.69) is 0 Å². The first-order valence-electron chi connectivity index (χ1n) is 3.15. The molecule has 0 aliphatic rings. The van der Waals surface area contributed by atoms with Crippen molar-refractivity contribution in [2.45, 2.75) is 4.52 Å². The minimum absolute atomic E-state index is 0.742. The van der Waals surface area contributed by atoms with Crippen molar-refractivity contribution in [2.75, 3.05) is 7.11 Å². The summed E-state index contributed by atoms with van der Waals surface area (Å²) < 4.78 is 3.63. The van der Waals surface area contributed by atoms with Crippen LogP contribution in [0.4, 0.5) is 0 Å². The van der Waals surface area contributed by atoms with E-state index in [-0.39, 0.29) is 0 Å².